The summed E-state index contributed by atoms with van der Waals surface area (Å²) in [4.78, 5) is 12.5. The van der Waals surface area contributed by atoms with Crippen molar-refractivity contribution in [3.05, 3.63) is 41.5 Å². The molecule has 160 valence electrons. The van der Waals surface area contributed by atoms with Crippen molar-refractivity contribution in [2.75, 3.05) is 0 Å². The van der Waals surface area contributed by atoms with Crippen LogP contribution in [0.1, 0.15) is 84.8 Å². The molecule has 0 saturated heterocycles. The summed E-state index contributed by atoms with van der Waals surface area (Å²) in [6, 6.07) is 8.68. The molecule has 0 spiro atoms. The summed E-state index contributed by atoms with van der Waals surface area (Å²) in [6.07, 6.45) is 10.1. The van der Waals surface area contributed by atoms with Gasteiger partial charge in [-0.3, -0.25) is 4.79 Å². The number of hydrogen-bond acceptors (Lipinski definition) is 2. The zero-order chi connectivity index (χ0) is 21.4. The monoisotopic (exact) mass is 412 g/mol. The smallest absolute Gasteiger partial charge is 0.147 e. The van der Waals surface area contributed by atoms with Gasteiger partial charge in [0, 0.05) is 12.3 Å². The Morgan fingerprint density at radius 1 is 1.21 bits per heavy atom. The molecule has 0 N–H and O–H groups in total. The van der Waals surface area contributed by atoms with Crippen LogP contribution in [0.2, 0.25) is 0 Å². The van der Waals surface area contributed by atoms with Crippen LogP contribution in [-0.4, -0.2) is 16.3 Å². The van der Waals surface area contributed by atoms with Crippen molar-refractivity contribution in [2.24, 2.45) is 28.6 Å². The van der Waals surface area contributed by atoms with Crippen molar-refractivity contribution in [1.82, 2.24) is 0 Å². The van der Waals surface area contributed by atoms with Crippen LogP contribution in [-0.2, 0) is 14.8 Å². The number of carbonyl (C=O) groups is 1. The molecular formula is C26H40O2Si. The topological polar surface area (TPSA) is 26.3 Å². The number of ketones is 1. The summed E-state index contributed by atoms with van der Waals surface area (Å²) in [6.45, 7) is 13.7. The van der Waals surface area contributed by atoms with E-state index in [-0.39, 0.29) is 16.4 Å². The van der Waals surface area contributed by atoms with E-state index in [1.54, 1.807) is 0 Å². The van der Waals surface area contributed by atoms with Gasteiger partial charge in [0.05, 0.1) is 5.60 Å². The Bertz CT molecular complexity index is 777. The molecular weight excluding hydrogens is 372 g/mol. The third-order valence-corrected chi connectivity index (χ3v) is 9.28. The predicted octanol–water partition coefficient (Wildman–Crippen LogP) is 5.68. The second kappa shape index (κ2) is 8.15. The molecule has 2 nitrogen and oxygen atoms in total. The van der Waals surface area contributed by atoms with Gasteiger partial charge in [-0.05, 0) is 66.4 Å². The van der Waals surface area contributed by atoms with E-state index in [9.17, 15) is 4.79 Å². The van der Waals surface area contributed by atoms with E-state index < -0.39 is 0 Å². The predicted molar refractivity (Wildman–Crippen MR) is 126 cm³/mol. The van der Waals surface area contributed by atoms with E-state index in [1.165, 1.54) is 24.0 Å². The van der Waals surface area contributed by atoms with Crippen molar-refractivity contribution in [3.63, 3.8) is 0 Å². The normalized spacial score (nSPS) is 31.0. The molecule has 0 bridgehead atoms. The van der Waals surface area contributed by atoms with E-state index in [0.717, 1.165) is 19.3 Å². The summed E-state index contributed by atoms with van der Waals surface area (Å²) in [5.41, 5.74) is 2.43. The minimum Gasteiger partial charge on any atom is -0.418 e. The molecule has 2 unspecified atom stereocenters. The molecule has 2 saturated carbocycles. The molecule has 0 aliphatic heterocycles. The Labute approximate surface area is 181 Å². The lowest BCUT2D eigenvalue weighted by molar-refractivity contribution is -0.129. The Morgan fingerprint density at radius 3 is 2.55 bits per heavy atom. The second-order valence-corrected chi connectivity index (χ2v) is 11.3. The maximum atomic E-state index is 12.5. The maximum Gasteiger partial charge on any atom is 0.147 e. The first-order valence-electron chi connectivity index (χ1n) is 11.4. The van der Waals surface area contributed by atoms with Gasteiger partial charge in [-0.1, -0.05) is 71.0 Å². The van der Waals surface area contributed by atoms with Crippen LogP contribution in [0, 0.1) is 28.6 Å². The summed E-state index contributed by atoms with van der Waals surface area (Å²) in [5, 5.41) is 0. The van der Waals surface area contributed by atoms with Crippen LogP contribution in [0.5, 0.6) is 0 Å². The van der Waals surface area contributed by atoms with Gasteiger partial charge in [-0.2, -0.15) is 0 Å². The molecule has 0 aromatic heterocycles. The first kappa shape index (κ1) is 22.5. The molecule has 2 aliphatic rings. The fourth-order valence-corrected chi connectivity index (χ4v) is 6.95. The van der Waals surface area contributed by atoms with Gasteiger partial charge in [0.2, 0.25) is 0 Å². The summed E-state index contributed by atoms with van der Waals surface area (Å²) in [7, 11) is 0.707. The summed E-state index contributed by atoms with van der Waals surface area (Å²) in [5.74, 6) is 1.89. The number of rotatable bonds is 5. The van der Waals surface area contributed by atoms with Gasteiger partial charge in [0.25, 0.3) is 0 Å². The molecule has 2 fully saturated rings. The van der Waals surface area contributed by atoms with Gasteiger partial charge in [0.15, 0.2) is 0 Å². The van der Waals surface area contributed by atoms with Gasteiger partial charge < -0.3 is 4.43 Å². The molecule has 3 rings (SSSR count). The highest BCUT2D eigenvalue weighted by atomic mass is 28.2. The van der Waals surface area contributed by atoms with Crippen molar-refractivity contribution < 1.29 is 9.22 Å². The molecule has 1 aromatic rings. The highest BCUT2D eigenvalue weighted by molar-refractivity contribution is 5.98. The highest BCUT2D eigenvalue weighted by Crippen LogP contribution is 2.56. The summed E-state index contributed by atoms with van der Waals surface area (Å²) < 4.78 is 6.20. The molecule has 5 atom stereocenters. The van der Waals surface area contributed by atoms with Crippen molar-refractivity contribution >= 4 is 22.3 Å². The average Bonchev–Trinajstić information content (AvgIpc) is 3.03. The Kier molecular flexibility index (Phi) is 6.32. The third kappa shape index (κ3) is 3.93. The lowest BCUT2D eigenvalue weighted by Crippen LogP contribution is -2.40. The number of fused-ring (bicyclic) bond motifs is 1. The van der Waals surface area contributed by atoms with E-state index in [2.05, 4.69) is 78.0 Å². The number of carbonyl (C=O) groups excluding carboxylic acids is 1. The molecule has 29 heavy (non-hydrogen) atoms. The number of benzene rings is 1. The quantitative estimate of drug-likeness (QED) is 0.582. The number of hydrogen-bond donors (Lipinski definition) is 0. The lowest BCUT2D eigenvalue weighted by atomic mass is 9.62. The second-order valence-electron chi connectivity index (χ2n) is 10.9. The van der Waals surface area contributed by atoms with Crippen molar-refractivity contribution in [3.8, 4) is 0 Å². The van der Waals surface area contributed by atoms with Crippen LogP contribution < -0.4 is 0 Å². The molecule has 1 aromatic carbocycles. The van der Waals surface area contributed by atoms with E-state index in [0.29, 0.717) is 34.0 Å². The fourth-order valence-electron chi connectivity index (χ4n) is 6.12. The SMILES string of the molecule is C[C@H](C=Cc1ccccc1C(C)(O[SiH3])C(C)(C)C)[C@H]1CCC2C(=O)CCC[C@@]21C. The first-order valence-corrected chi connectivity index (χ1v) is 12.2. The third-order valence-electron chi connectivity index (χ3n) is 8.46. The Balaban J connectivity index is 1.87. The number of Topliss-reactive ketones (excluding diaryl/α,β-unsaturated/α-hetero) is 1. The Morgan fingerprint density at radius 2 is 1.90 bits per heavy atom. The number of allylic oxidation sites excluding steroid dienone is 1. The zero-order valence-electron chi connectivity index (χ0n) is 19.5. The summed E-state index contributed by atoms with van der Waals surface area (Å²) >= 11 is 0. The van der Waals surface area contributed by atoms with Crippen LogP contribution >= 0.6 is 0 Å². The minimum absolute atomic E-state index is 0.0128. The Hall–Kier alpha value is -1.19. The van der Waals surface area contributed by atoms with Crippen LogP contribution in [0.4, 0.5) is 0 Å². The van der Waals surface area contributed by atoms with E-state index >= 15 is 0 Å². The highest BCUT2D eigenvalue weighted by Gasteiger charge is 2.52. The van der Waals surface area contributed by atoms with Gasteiger partial charge in [0.1, 0.15) is 16.3 Å². The fraction of sp³-hybridized carbons (Fsp3) is 0.654. The van der Waals surface area contributed by atoms with E-state index in [1.807, 2.05) is 0 Å². The largest absolute Gasteiger partial charge is 0.418 e. The molecule has 0 heterocycles. The molecule has 0 radical (unpaired) electrons. The average molecular weight is 413 g/mol. The van der Waals surface area contributed by atoms with Crippen LogP contribution in [0.15, 0.2) is 30.3 Å². The van der Waals surface area contributed by atoms with Crippen LogP contribution in [0.25, 0.3) is 6.08 Å². The van der Waals surface area contributed by atoms with Crippen molar-refractivity contribution in [2.45, 2.75) is 79.2 Å². The molecule has 0 amide bonds. The van der Waals surface area contributed by atoms with Crippen LogP contribution in [0.3, 0.4) is 0 Å². The minimum atomic E-state index is -0.302. The van der Waals surface area contributed by atoms with E-state index in [4.69, 9.17) is 4.43 Å². The van der Waals surface area contributed by atoms with Crippen molar-refractivity contribution in [1.29, 1.82) is 0 Å². The molecule has 3 heteroatoms. The standard InChI is InChI=1S/C26H40O2Si/c1-18(20-15-16-22-23(27)12-9-17-25(20,22)5)13-14-19-10-7-8-11-21(19)26(6,28-29)24(2,3)4/h7-8,10-11,13-14,18,20,22H,9,12,15-17H2,1-6,29H3/t18-,20-,22?,25-,26?/m1/s1. The maximum absolute atomic E-state index is 12.5. The zero-order valence-corrected chi connectivity index (χ0v) is 21.5. The molecule has 2 aliphatic carbocycles. The van der Waals surface area contributed by atoms with Gasteiger partial charge >= 0.3 is 0 Å². The first-order chi connectivity index (χ1) is 13.5. The van der Waals surface area contributed by atoms with Gasteiger partial charge in [-0.25, -0.2) is 0 Å². The van der Waals surface area contributed by atoms with Gasteiger partial charge in [-0.15, -0.1) is 0 Å². The lowest BCUT2D eigenvalue weighted by Gasteiger charge is -2.43.